The highest BCUT2D eigenvalue weighted by Gasteiger charge is 2.33. The first-order valence-corrected chi connectivity index (χ1v) is 8.60. The van der Waals surface area contributed by atoms with E-state index in [0.717, 1.165) is 16.7 Å². The largest absolute Gasteiger partial charge is 0.480 e. The van der Waals surface area contributed by atoms with E-state index >= 15 is 0 Å². The highest BCUT2D eigenvalue weighted by molar-refractivity contribution is 5.96. The lowest BCUT2D eigenvalue weighted by molar-refractivity contribution is -0.149. The summed E-state index contributed by atoms with van der Waals surface area (Å²) in [6, 6.07) is 13.5. The summed E-state index contributed by atoms with van der Waals surface area (Å²) in [4.78, 5) is 37.2. The predicted octanol–water partition coefficient (Wildman–Crippen LogP) is 2.10. The van der Waals surface area contributed by atoms with Gasteiger partial charge in [0.05, 0.1) is 0 Å². The Balaban J connectivity index is 1.77. The summed E-state index contributed by atoms with van der Waals surface area (Å²) in [7, 11) is 1.56. The molecule has 6 heteroatoms. The summed E-state index contributed by atoms with van der Waals surface area (Å²) < 4.78 is 0. The van der Waals surface area contributed by atoms with Crippen molar-refractivity contribution in [3.8, 4) is 0 Å². The number of nitrogens with zero attached hydrogens (tertiary/aromatic N) is 1. The average Bonchev–Trinajstić information content (AvgIpc) is 2.70. The van der Waals surface area contributed by atoms with Gasteiger partial charge in [-0.15, -0.1) is 0 Å². The number of fused-ring (bicyclic) bond motifs is 1. The van der Waals surface area contributed by atoms with Crippen LogP contribution in [0.15, 0.2) is 54.6 Å². The number of carboxylic acid groups (broad SMARTS) is 1. The van der Waals surface area contributed by atoms with Crippen LogP contribution in [0, 0.1) is 0 Å². The summed E-state index contributed by atoms with van der Waals surface area (Å²) in [6.07, 6.45) is 3.29. The van der Waals surface area contributed by atoms with Crippen molar-refractivity contribution in [2.45, 2.75) is 19.0 Å². The van der Waals surface area contributed by atoms with Gasteiger partial charge in [-0.05, 0) is 34.9 Å². The van der Waals surface area contributed by atoms with E-state index < -0.39 is 12.0 Å². The van der Waals surface area contributed by atoms with Crippen LogP contribution in [0.25, 0.3) is 6.08 Å². The van der Waals surface area contributed by atoms with E-state index in [-0.39, 0.29) is 18.4 Å². The second-order valence-electron chi connectivity index (χ2n) is 6.33. The van der Waals surface area contributed by atoms with Crippen molar-refractivity contribution in [1.29, 1.82) is 0 Å². The van der Waals surface area contributed by atoms with E-state index in [1.54, 1.807) is 37.4 Å². The molecule has 2 amide bonds. The molecule has 2 aromatic carbocycles. The third kappa shape index (κ3) is 4.06. The first kappa shape index (κ1) is 18.4. The van der Waals surface area contributed by atoms with E-state index in [9.17, 15) is 19.5 Å². The minimum Gasteiger partial charge on any atom is -0.480 e. The lowest BCUT2D eigenvalue weighted by atomic mass is 9.94. The molecule has 1 unspecified atom stereocenters. The predicted molar refractivity (Wildman–Crippen MR) is 101 cm³/mol. The molecule has 2 N–H and O–H groups in total. The number of amides is 2. The zero-order valence-electron chi connectivity index (χ0n) is 14.9. The quantitative estimate of drug-likeness (QED) is 0.814. The molecule has 1 heterocycles. The summed E-state index contributed by atoms with van der Waals surface area (Å²) >= 11 is 0. The minimum atomic E-state index is -1.01. The molecule has 0 aromatic heterocycles. The number of benzene rings is 2. The van der Waals surface area contributed by atoms with Gasteiger partial charge in [0.25, 0.3) is 5.91 Å². The van der Waals surface area contributed by atoms with Gasteiger partial charge in [0, 0.05) is 31.7 Å². The fourth-order valence-electron chi connectivity index (χ4n) is 3.13. The number of carbonyl (C=O) groups is 3. The molecule has 0 spiro atoms. The Hall–Kier alpha value is -3.41. The molecule has 6 nitrogen and oxygen atoms in total. The van der Waals surface area contributed by atoms with Gasteiger partial charge < -0.3 is 15.3 Å². The van der Waals surface area contributed by atoms with Crippen LogP contribution in [0.5, 0.6) is 0 Å². The van der Waals surface area contributed by atoms with Crippen LogP contribution < -0.4 is 5.32 Å². The molecule has 0 saturated heterocycles. The number of nitrogens with one attached hydrogen (secondary N) is 1. The van der Waals surface area contributed by atoms with Gasteiger partial charge >= 0.3 is 5.97 Å². The Labute approximate surface area is 157 Å². The molecule has 0 fully saturated rings. The van der Waals surface area contributed by atoms with Gasteiger partial charge in [0.2, 0.25) is 5.91 Å². The number of rotatable bonds is 4. The number of carboxylic acids is 1. The van der Waals surface area contributed by atoms with E-state index in [4.69, 9.17) is 0 Å². The van der Waals surface area contributed by atoms with Gasteiger partial charge in [-0.3, -0.25) is 9.59 Å². The number of aliphatic carboxylic acids is 1. The maximum atomic E-state index is 12.6. The normalized spacial score (nSPS) is 16.0. The molecule has 1 aliphatic heterocycles. The van der Waals surface area contributed by atoms with Crippen molar-refractivity contribution in [1.82, 2.24) is 10.2 Å². The molecule has 0 bridgehead atoms. The summed E-state index contributed by atoms with van der Waals surface area (Å²) in [5, 5.41) is 12.1. The highest BCUT2D eigenvalue weighted by Crippen LogP contribution is 2.24. The van der Waals surface area contributed by atoms with Gasteiger partial charge in [0.15, 0.2) is 0 Å². The lowest BCUT2D eigenvalue weighted by Gasteiger charge is -2.33. The third-order valence-electron chi connectivity index (χ3n) is 4.63. The van der Waals surface area contributed by atoms with Crippen LogP contribution in [0.2, 0.25) is 0 Å². The van der Waals surface area contributed by atoms with Crippen LogP contribution in [0.1, 0.15) is 27.0 Å². The van der Waals surface area contributed by atoms with Crippen molar-refractivity contribution < 1.29 is 19.5 Å². The smallest absolute Gasteiger partial charge is 0.326 e. The van der Waals surface area contributed by atoms with E-state index in [1.807, 2.05) is 24.3 Å². The van der Waals surface area contributed by atoms with Gasteiger partial charge in [-0.2, -0.15) is 0 Å². The maximum Gasteiger partial charge on any atom is 0.326 e. The van der Waals surface area contributed by atoms with E-state index in [1.165, 1.54) is 11.0 Å². The summed E-state index contributed by atoms with van der Waals surface area (Å²) in [6.45, 7) is 0.270. The van der Waals surface area contributed by atoms with Crippen LogP contribution in [-0.4, -0.2) is 40.9 Å². The monoisotopic (exact) mass is 364 g/mol. The van der Waals surface area contributed by atoms with Gasteiger partial charge in [-0.1, -0.05) is 36.4 Å². The third-order valence-corrected chi connectivity index (χ3v) is 4.63. The average molecular weight is 364 g/mol. The van der Waals surface area contributed by atoms with Crippen molar-refractivity contribution in [2.24, 2.45) is 0 Å². The number of carbonyl (C=O) groups excluding carboxylic acids is 2. The molecule has 0 radical (unpaired) electrons. The second kappa shape index (κ2) is 7.86. The SMILES string of the molecule is CNC(=O)c1ccc(C=CC(=O)N2Cc3ccccc3CC2C(=O)O)cc1. The van der Waals surface area contributed by atoms with Crippen molar-refractivity contribution >= 4 is 23.9 Å². The molecular weight excluding hydrogens is 344 g/mol. The number of hydrogen-bond acceptors (Lipinski definition) is 3. The fraction of sp³-hybridized carbons (Fsp3) is 0.190. The van der Waals surface area contributed by atoms with E-state index in [0.29, 0.717) is 12.0 Å². The molecule has 1 atom stereocenters. The zero-order valence-corrected chi connectivity index (χ0v) is 14.9. The van der Waals surface area contributed by atoms with Gasteiger partial charge in [-0.25, -0.2) is 4.79 Å². The number of hydrogen-bond donors (Lipinski definition) is 2. The zero-order chi connectivity index (χ0) is 19.4. The van der Waals surface area contributed by atoms with Crippen LogP contribution >= 0.6 is 0 Å². The molecule has 27 heavy (non-hydrogen) atoms. The van der Waals surface area contributed by atoms with Crippen LogP contribution in [-0.2, 0) is 22.6 Å². The lowest BCUT2D eigenvalue weighted by Crippen LogP contribution is -2.48. The van der Waals surface area contributed by atoms with Crippen molar-refractivity contribution in [3.63, 3.8) is 0 Å². The summed E-state index contributed by atoms with van der Waals surface area (Å²) in [5.74, 6) is -1.55. The molecule has 138 valence electrons. The molecule has 3 rings (SSSR count). The highest BCUT2D eigenvalue weighted by atomic mass is 16.4. The Morgan fingerprint density at radius 1 is 1.07 bits per heavy atom. The Morgan fingerprint density at radius 2 is 1.74 bits per heavy atom. The van der Waals surface area contributed by atoms with Gasteiger partial charge in [0.1, 0.15) is 6.04 Å². The topological polar surface area (TPSA) is 86.7 Å². The first-order chi connectivity index (χ1) is 13.0. The van der Waals surface area contributed by atoms with Crippen LogP contribution in [0.4, 0.5) is 0 Å². The van der Waals surface area contributed by atoms with Crippen molar-refractivity contribution in [2.75, 3.05) is 7.05 Å². The molecule has 2 aromatic rings. The standard InChI is InChI=1S/C21H20N2O4/c1-22-20(25)15-9-6-14(7-10-15)8-11-19(24)23-13-17-5-3-2-4-16(17)12-18(23)21(26)27/h2-11,18H,12-13H2,1H3,(H,22,25)(H,26,27). The van der Waals surface area contributed by atoms with Crippen molar-refractivity contribution in [3.05, 3.63) is 76.9 Å². The molecule has 0 saturated carbocycles. The van der Waals surface area contributed by atoms with Crippen LogP contribution in [0.3, 0.4) is 0 Å². The fourth-order valence-corrected chi connectivity index (χ4v) is 3.13. The molecule has 1 aliphatic rings. The Bertz CT molecular complexity index is 903. The summed E-state index contributed by atoms with van der Waals surface area (Å²) in [5.41, 5.74) is 3.20. The minimum absolute atomic E-state index is 0.183. The molecule has 0 aliphatic carbocycles. The Kier molecular flexibility index (Phi) is 5.35. The maximum absolute atomic E-state index is 12.6. The Morgan fingerprint density at radius 3 is 2.37 bits per heavy atom. The molecular formula is C21H20N2O4. The second-order valence-corrected chi connectivity index (χ2v) is 6.33. The first-order valence-electron chi connectivity index (χ1n) is 8.60. The van der Waals surface area contributed by atoms with E-state index in [2.05, 4.69) is 5.32 Å².